The summed E-state index contributed by atoms with van der Waals surface area (Å²) in [4.78, 5) is 27.4. The van der Waals surface area contributed by atoms with E-state index in [1.54, 1.807) is 4.90 Å². The minimum Gasteiger partial charge on any atom is -0.355 e. The lowest BCUT2D eigenvalue weighted by molar-refractivity contribution is -0.141. The van der Waals surface area contributed by atoms with Gasteiger partial charge in [0, 0.05) is 30.4 Å². The average Bonchev–Trinajstić information content (AvgIpc) is 2.67. The maximum Gasteiger partial charge on any atom is 0.243 e. The second-order valence-electron chi connectivity index (χ2n) is 6.50. The number of likely N-dealkylation sites (N-methyl/N-ethyl adjacent to an activating group) is 1. The van der Waals surface area contributed by atoms with Crippen LogP contribution < -0.4 is 5.32 Å². The predicted octanol–water partition coefficient (Wildman–Crippen LogP) is 4.33. The zero-order chi connectivity index (χ0) is 19.6. The number of nitrogens with one attached hydrogen (secondary N) is 1. The molecule has 0 aliphatic rings. The maximum atomic E-state index is 12.9. The lowest BCUT2D eigenvalue weighted by Crippen LogP contribution is -2.50. The summed E-state index contributed by atoms with van der Waals surface area (Å²) in [5.41, 5.74) is 2.05. The molecule has 2 aromatic rings. The Kier molecular flexibility index (Phi) is 8.52. The van der Waals surface area contributed by atoms with Crippen molar-refractivity contribution in [3.8, 4) is 0 Å². The Morgan fingerprint density at radius 3 is 2.26 bits per heavy atom. The number of rotatable bonds is 9. The van der Waals surface area contributed by atoms with Crippen LogP contribution in [0, 0.1) is 0 Å². The van der Waals surface area contributed by atoms with Crippen LogP contribution in [0.1, 0.15) is 37.8 Å². The number of carbonyl (C=O) groups excluding carboxylic acids is 2. The number of amides is 2. The topological polar surface area (TPSA) is 49.4 Å². The van der Waals surface area contributed by atoms with Crippen LogP contribution in [0.2, 0.25) is 0 Å². The third-order valence-corrected chi connectivity index (χ3v) is 4.88. The summed E-state index contributed by atoms with van der Waals surface area (Å²) in [5.74, 6) is -0.101. The van der Waals surface area contributed by atoms with Crippen LogP contribution in [0.3, 0.4) is 0 Å². The van der Waals surface area contributed by atoms with E-state index in [0.717, 1.165) is 22.0 Å². The van der Waals surface area contributed by atoms with Gasteiger partial charge >= 0.3 is 0 Å². The van der Waals surface area contributed by atoms with Crippen molar-refractivity contribution >= 4 is 27.7 Å². The summed E-state index contributed by atoms with van der Waals surface area (Å²) in [6.07, 6.45) is 1.68. The molecule has 0 saturated heterocycles. The van der Waals surface area contributed by atoms with Crippen LogP contribution in [-0.4, -0.2) is 29.3 Å². The van der Waals surface area contributed by atoms with Gasteiger partial charge in [0.15, 0.2) is 0 Å². The molecule has 5 heteroatoms. The molecule has 1 N–H and O–H groups in total. The fraction of sp³-hybridized carbons (Fsp3) is 0.364. The molecule has 0 heterocycles. The fourth-order valence-corrected chi connectivity index (χ4v) is 3.25. The summed E-state index contributed by atoms with van der Waals surface area (Å²) < 4.78 is 0.988. The van der Waals surface area contributed by atoms with E-state index in [2.05, 4.69) is 21.2 Å². The second kappa shape index (κ2) is 10.9. The highest BCUT2D eigenvalue weighted by Crippen LogP contribution is 2.18. The van der Waals surface area contributed by atoms with Crippen molar-refractivity contribution in [2.45, 2.75) is 45.7 Å². The van der Waals surface area contributed by atoms with Gasteiger partial charge in [-0.1, -0.05) is 65.3 Å². The summed E-state index contributed by atoms with van der Waals surface area (Å²) in [5, 5.41) is 2.90. The quantitative estimate of drug-likeness (QED) is 0.643. The first-order valence-electron chi connectivity index (χ1n) is 9.40. The molecule has 0 radical (unpaired) electrons. The zero-order valence-corrected chi connectivity index (χ0v) is 17.5. The average molecular weight is 431 g/mol. The van der Waals surface area contributed by atoms with Crippen molar-refractivity contribution in [1.82, 2.24) is 10.2 Å². The van der Waals surface area contributed by atoms with Gasteiger partial charge in [0.05, 0.1) is 0 Å². The Balaban J connectivity index is 2.33. The van der Waals surface area contributed by atoms with Gasteiger partial charge < -0.3 is 10.2 Å². The van der Waals surface area contributed by atoms with Crippen LogP contribution in [-0.2, 0) is 22.6 Å². The van der Waals surface area contributed by atoms with Gasteiger partial charge in [0.1, 0.15) is 6.04 Å². The SMILES string of the molecule is CCCC(=O)N(Cc1ccc(Br)cc1)[C@@H](Cc1ccccc1)C(=O)NCC. The summed E-state index contributed by atoms with van der Waals surface area (Å²) in [6, 6.07) is 17.2. The minimum atomic E-state index is -0.532. The molecule has 0 bridgehead atoms. The van der Waals surface area contributed by atoms with Gasteiger partial charge in [-0.15, -0.1) is 0 Å². The summed E-state index contributed by atoms with van der Waals surface area (Å²) in [6.45, 7) is 4.83. The third kappa shape index (κ3) is 6.51. The van der Waals surface area contributed by atoms with Crippen molar-refractivity contribution in [3.63, 3.8) is 0 Å². The highest BCUT2D eigenvalue weighted by atomic mass is 79.9. The van der Waals surface area contributed by atoms with Gasteiger partial charge in [-0.3, -0.25) is 9.59 Å². The van der Waals surface area contributed by atoms with Crippen LogP contribution in [0.25, 0.3) is 0 Å². The molecule has 0 spiro atoms. The Morgan fingerprint density at radius 2 is 1.67 bits per heavy atom. The Bertz CT molecular complexity index is 732. The second-order valence-corrected chi connectivity index (χ2v) is 7.41. The molecule has 0 fully saturated rings. The molecular weight excluding hydrogens is 404 g/mol. The first-order valence-corrected chi connectivity index (χ1v) is 10.2. The molecule has 1 atom stereocenters. The van der Waals surface area contributed by atoms with E-state index in [0.29, 0.717) is 25.9 Å². The van der Waals surface area contributed by atoms with Crippen LogP contribution in [0.4, 0.5) is 0 Å². The lowest BCUT2D eigenvalue weighted by atomic mass is 10.0. The van der Waals surface area contributed by atoms with E-state index in [1.165, 1.54) is 0 Å². The fourth-order valence-electron chi connectivity index (χ4n) is 2.99. The van der Waals surface area contributed by atoms with E-state index in [9.17, 15) is 9.59 Å². The molecule has 0 aromatic heterocycles. The molecule has 2 amide bonds. The van der Waals surface area contributed by atoms with E-state index in [-0.39, 0.29) is 11.8 Å². The Labute approximate surface area is 170 Å². The number of hydrogen-bond acceptors (Lipinski definition) is 2. The van der Waals surface area contributed by atoms with E-state index >= 15 is 0 Å². The molecule has 27 heavy (non-hydrogen) atoms. The molecule has 2 rings (SSSR count). The number of carbonyl (C=O) groups is 2. The first kappa shape index (κ1) is 21.2. The molecule has 0 unspecified atom stereocenters. The first-order chi connectivity index (χ1) is 13.0. The molecule has 0 aliphatic carbocycles. The van der Waals surface area contributed by atoms with Gasteiger partial charge in [0.25, 0.3) is 0 Å². The molecular formula is C22H27BrN2O2. The highest BCUT2D eigenvalue weighted by Gasteiger charge is 2.29. The number of hydrogen-bond donors (Lipinski definition) is 1. The maximum absolute atomic E-state index is 12.9. The highest BCUT2D eigenvalue weighted by molar-refractivity contribution is 9.10. The Hall–Kier alpha value is -2.14. The van der Waals surface area contributed by atoms with E-state index < -0.39 is 6.04 Å². The molecule has 2 aromatic carbocycles. The van der Waals surface area contributed by atoms with E-state index in [1.807, 2.05) is 68.4 Å². The normalized spacial score (nSPS) is 11.7. The molecule has 144 valence electrons. The smallest absolute Gasteiger partial charge is 0.243 e. The van der Waals surface area contributed by atoms with Crippen molar-refractivity contribution in [3.05, 3.63) is 70.2 Å². The monoisotopic (exact) mass is 430 g/mol. The molecule has 0 saturated carbocycles. The minimum absolute atomic E-state index is 0.00704. The van der Waals surface area contributed by atoms with Gasteiger partial charge in [-0.25, -0.2) is 0 Å². The third-order valence-electron chi connectivity index (χ3n) is 4.35. The number of halogens is 1. The van der Waals surface area contributed by atoms with Gasteiger partial charge in [-0.05, 0) is 36.6 Å². The Morgan fingerprint density at radius 1 is 1.00 bits per heavy atom. The van der Waals surface area contributed by atoms with Crippen molar-refractivity contribution in [2.75, 3.05) is 6.54 Å². The summed E-state index contributed by atoms with van der Waals surface area (Å²) >= 11 is 3.44. The van der Waals surface area contributed by atoms with Gasteiger partial charge in [-0.2, -0.15) is 0 Å². The van der Waals surface area contributed by atoms with Crippen molar-refractivity contribution in [2.24, 2.45) is 0 Å². The number of benzene rings is 2. The van der Waals surface area contributed by atoms with Crippen LogP contribution in [0.5, 0.6) is 0 Å². The van der Waals surface area contributed by atoms with Crippen LogP contribution in [0.15, 0.2) is 59.1 Å². The predicted molar refractivity (Wildman–Crippen MR) is 112 cm³/mol. The van der Waals surface area contributed by atoms with Crippen LogP contribution >= 0.6 is 15.9 Å². The van der Waals surface area contributed by atoms with E-state index in [4.69, 9.17) is 0 Å². The largest absolute Gasteiger partial charge is 0.355 e. The standard InChI is InChI=1S/C22H27BrN2O2/c1-3-8-21(26)25(16-18-11-13-19(23)14-12-18)20(22(27)24-4-2)15-17-9-6-5-7-10-17/h5-7,9-14,20H,3-4,8,15-16H2,1-2H3,(H,24,27)/t20-/m0/s1. The summed E-state index contributed by atoms with van der Waals surface area (Å²) in [7, 11) is 0. The van der Waals surface area contributed by atoms with Gasteiger partial charge in [0.2, 0.25) is 11.8 Å². The van der Waals surface area contributed by atoms with Crippen molar-refractivity contribution in [1.29, 1.82) is 0 Å². The molecule has 4 nitrogen and oxygen atoms in total. The zero-order valence-electron chi connectivity index (χ0n) is 16.0. The lowest BCUT2D eigenvalue weighted by Gasteiger charge is -2.31. The molecule has 0 aliphatic heterocycles. The van der Waals surface area contributed by atoms with Crippen molar-refractivity contribution < 1.29 is 9.59 Å². The number of nitrogens with zero attached hydrogens (tertiary/aromatic N) is 1.